The third-order valence-corrected chi connectivity index (χ3v) is 5.91. The highest BCUT2D eigenvalue weighted by molar-refractivity contribution is 7.91. The molecular formula is C18H22N2O6S. The molecule has 0 bridgehead atoms. The molecule has 0 unspecified atom stereocenters. The highest BCUT2D eigenvalue weighted by Crippen LogP contribution is 2.33. The third-order valence-electron chi connectivity index (χ3n) is 4.14. The molecule has 1 aliphatic heterocycles. The predicted octanol–water partition coefficient (Wildman–Crippen LogP) is 2.06. The van der Waals surface area contributed by atoms with Crippen LogP contribution in [0.5, 0.6) is 11.5 Å². The minimum Gasteiger partial charge on any atom is -0.490 e. The summed E-state index contributed by atoms with van der Waals surface area (Å²) in [6.45, 7) is 4.77. The molecule has 9 heteroatoms. The van der Waals surface area contributed by atoms with E-state index in [0.717, 1.165) is 0 Å². The van der Waals surface area contributed by atoms with E-state index in [-0.39, 0.29) is 17.2 Å². The largest absolute Gasteiger partial charge is 0.490 e. The van der Waals surface area contributed by atoms with Crippen molar-refractivity contribution < 1.29 is 27.2 Å². The maximum Gasteiger partial charge on any atom is 0.273 e. The number of rotatable bonds is 7. The Morgan fingerprint density at radius 3 is 2.63 bits per heavy atom. The number of nitrogens with one attached hydrogen (secondary N) is 1. The second-order valence-corrected chi connectivity index (χ2v) is 8.41. The van der Waals surface area contributed by atoms with Gasteiger partial charge in [-0.3, -0.25) is 4.79 Å². The van der Waals surface area contributed by atoms with Gasteiger partial charge in [0.1, 0.15) is 0 Å². The van der Waals surface area contributed by atoms with Gasteiger partial charge in [-0.1, -0.05) is 5.16 Å². The van der Waals surface area contributed by atoms with Gasteiger partial charge in [-0.15, -0.1) is 0 Å². The molecule has 1 amide bonds. The summed E-state index contributed by atoms with van der Waals surface area (Å²) in [6, 6.07) is 6.46. The Hall–Kier alpha value is -2.55. The van der Waals surface area contributed by atoms with Gasteiger partial charge in [-0.05, 0) is 38.5 Å². The smallest absolute Gasteiger partial charge is 0.273 e. The highest BCUT2D eigenvalue weighted by Gasteiger charge is 2.29. The highest BCUT2D eigenvalue weighted by atomic mass is 32.2. The Morgan fingerprint density at radius 1 is 1.22 bits per heavy atom. The van der Waals surface area contributed by atoms with Crippen molar-refractivity contribution in [2.24, 2.45) is 0 Å². The number of amides is 1. The molecule has 3 rings (SSSR count). The van der Waals surface area contributed by atoms with Gasteiger partial charge in [0.15, 0.2) is 32.8 Å². The standard InChI is InChI=1S/C18H22N2O6S/c1-3-24-15-6-5-12(9-17(15)25-4-2)16-10-14(20-26-16)18(21)19-13-7-8-27(22,23)11-13/h5-6,9-10,13H,3-4,7-8,11H2,1-2H3,(H,19,21)/t13-/m0/s1. The van der Waals surface area contributed by atoms with Gasteiger partial charge in [0.2, 0.25) is 0 Å². The van der Waals surface area contributed by atoms with Crippen LogP contribution in [0.4, 0.5) is 0 Å². The molecule has 0 saturated carbocycles. The molecule has 2 heterocycles. The number of aromatic nitrogens is 1. The van der Waals surface area contributed by atoms with Crippen LogP contribution in [-0.2, 0) is 9.84 Å². The van der Waals surface area contributed by atoms with Crippen molar-refractivity contribution in [2.45, 2.75) is 26.3 Å². The number of carbonyl (C=O) groups excluding carboxylic acids is 1. The summed E-state index contributed by atoms with van der Waals surface area (Å²) in [7, 11) is -3.06. The number of hydrogen-bond donors (Lipinski definition) is 1. The van der Waals surface area contributed by atoms with E-state index in [4.69, 9.17) is 14.0 Å². The average Bonchev–Trinajstić information content (AvgIpc) is 3.23. The topological polar surface area (TPSA) is 108 Å². The fourth-order valence-corrected chi connectivity index (χ4v) is 4.56. The quantitative estimate of drug-likeness (QED) is 0.766. The first kappa shape index (κ1) is 19.2. The van der Waals surface area contributed by atoms with E-state index in [2.05, 4.69) is 10.5 Å². The summed E-state index contributed by atoms with van der Waals surface area (Å²) in [5.41, 5.74) is 0.790. The first-order valence-electron chi connectivity index (χ1n) is 8.80. The fourth-order valence-electron chi connectivity index (χ4n) is 2.89. The molecule has 1 aliphatic rings. The Kier molecular flexibility index (Phi) is 5.69. The zero-order valence-corrected chi connectivity index (χ0v) is 16.0. The van der Waals surface area contributed by atoms with Crippen LogP contribution in [-0.4, -0.2) is 50.2 Å². The van der Waals surface area contributed by atoms with Gasteiger partial charge < -0.3 is 19.3 Å². The molecule has 1 N–H and O–H groups in total. The Balaban J connectivity index is 1.75. The number of sulfone groups is 1. The molecule has 2 aromatic rings. The van der Waals surface area contributed by atoms with E-state index in [1.807, 2.05) is 13.8 Å². The predicted molar refractivity (Wildman–Crippen MR) is 98.8 cm³/mol. The van der Waals surface area contributed by atoms with Crippen LogP contribution < -0.4 is 14.8 Å². The normalized spacial score (nSPS) is 18.2. The molecule has 146 valence electrons. The Labute approximate surface area is 157 Å². The Morgan fingerprint density at radius 2 is 1.96 bits per heavy atom. The number of ether oxygens (including phenoxy) is 2. The minimum absolute atomic E-state index is 0.0416. The van der Waals surface area contributed by atoms with Crippen LogP contribution >= 0.6 is 0 Å². The number of benzene rings is 1. The molecular weight excluding hydrogens is 372 g/mol. The fraction of sp³-hybridized carbons (Fsp3) is 0.444. The maximum absolute atomic E-state index is 12.3. The lowest BCUT2D eigenvalue weighted by atomic mass is 10.1. The molecule has 0 radical (unpaired) electrons. The van der Waals surface area contributed by atoms with Crippen molar-refractivity contribution in [1.82, 2.24) is 10.5 Å². The lowest BCUT2D eigenvalue weighted by Gasteiger charge is -2.11. The van der Waals surface area contributed by atoms with Gasteiger partial charge in [-0.2, -0.15) is 0 Å². The van der Waals surface area contributed by atoms with Crippen molar-refractivity contribution in [3.05, 3.63) is 30.0 Å². The van der Waals surface area contributed by atoms with Crippen LogP contribution in [0.1, 0.15) is 30.8 Å². The molecule has 8 nitrogen and oxygen atoms in total. The second kappa shape index (κ2) is 7.99. The van der Waals surface area contributed by atoms with Crippen molar-refractivity contribution in [2.75, 3.05) is 24.7 Å². The third kappa shape index (κ3) is 4.60. The molecule has 1 aromatic carbocycles. The van der Waals surface area contributed by atoms with Crippen LogP contribution in [0.15, 0.2) is 28.8 Å². The van der Waals surface area contributed by atoms with Gasteiger partial charge in [0.05, 0.1) is 24.7 Å². The van der Waals surface area contributed by atoms with Crippen LogP contribution in [0.25, 0.3) is 11.3 Å². The van der Waals surface area contributed by atoms with E-state index in [0.29, 0.717) is 42.5 Å². The van der Waals surface area contributed by atoms with Crippen LogP contribution in [0.3, 0.4) is 0 Å². The summed E-state index contributed by atoms with van der Waals surface area (Å²) >= 11 is 0. The van der Waals surface area contributed by atoms with Crippen LogP contribution in [0.2, 0.25) is 0 Å². The summed E-state index contributed by atoms with van der Waals surface area (Å²) in [5.74, 6) is 1.21. The zero-order chi connectivity index (χ0) is 19.4. The molecule has 0 spiro atoms. The molecule has 1 atom stereocenters. The lowest BCUT2D eigenvalue weighted by Crippen LogP contribution is -2.35. The Bertz CT molecular complexity index is 922. The van der Waals surface area contributed by atoms with Crippen molar-refractivity contribution in [3.63, 3.8) is 0 Å². The SMILES string of the molecule is CCOc1ccc(-c2cc(C(=O)N[C@H]3CCS(=O)(=O)C3)no2)cc1OCC. The molecule has 1 aromatic heterocycles. The molecule has 1 fully saturated rings. The zero-order valence-electron chi connectivity index (χ0n) is 15.2. The molecule has 1 saturated heterocycles. The molecule has 0 aliphatic carbocycles. The van der Waals surface area contributed by atoms with E-state index in [9.17, 15) is 13.2 Å². The number of hydrogen-bond acceptors (Lipinski definition) is 7. The van der Waals surface area contributed by atoms with Crippen LogP contribution in [0, 0.1) is 0 Å². The number of carbonyl (C=O) groups is 1. The van der Waals surface area contributed by atoms with E-state index in [1.165, 1.54) is 6.07 Å². The van der Waals surface area contributed by atoms with Gasteiger partial charge in [-0.25, -0.2) is 8.42 Å². The first-order valence-corrected chi connectivity index (χ1v) is 10.6. The monoisotopic (exact) mass is 394 g/mol. The van der Waals surface area contributed by atoms with E-state index < -0.39 is 21.8 Å². The maximum atomic E-state index is 12.3. The van der Waals surface area contributed by atoms with Crippen molar-refractivity contribution in [1.29, 1.82) is 0 Å². The van der Waals surface area contributed by atoms with E-state index >= 15 is 0 Å². The summed E-state index contributed by atoms with van der Waals surface area (Å²) in [6.07, 6.45) is 0.412. The second-order valence-electron chi connectivity index (χ2n) is 6.18. The van der Waals surface area contributed by atoms with E-state index in [1.54, 1.807) is 18.2 Å². The first-order chi connectivity index (χ1) is 12.9. The van der Waals surface area contributed by atoms with Crippen molar-refractivity contribution in [3.8, 4) is 22.8 Å². The number of nitrogens with zero attached hydrogens (tertiary/aromatic N) is 1. The van der Waals surface area contributed by atoms with Crippen molar-refractivity contribution >= 4 is 15.7 Å². The summed E-state index contributed by atoms with van der Waals surface area (Å²) in [4.78, 5) is 12.3. The van der Waals surface area contributed by atoms with Gasteiger partial charge in [0, 0.05) is 17.7 Å². The molecule has 27 heavy (non-hydrogen) atoms. The van der Waals surface area contributed by atoms with Gasteiger partial charge >= 0.3 is 0 Å². The summed E-state index contributed by atoms with van der Waals surface area (Å²) in [5, 5.41) is 6.48. The lowest BCUT2D eigenvalue weighted by molar-refractivity contribution is 0.0932. The summed E-state index contributed by atoms with van der Waals surface area (Å²) < 4.78 is 39.4. The average molecular weight is 394 g/mol. The van der Waals surface area contributed by atoms with Gasteiger partial charge in [0.25, 0.3) is 5.91 Å². The minimum atomic E-state index is -3.06.